The van der Waals surface area contributed by atoms with Gasteiger partial charge in [-0.2, -0.15) is 0 Å². The highest BCUT2D eigenvalue weighted by molar-refractivity contribution is 7.92. The maximum atomic E-state index is 12.9. The van der Waals surface area contributed by atoms with Crippen molar-refractivity contribution >= 4 is 27.4 Å². The molecule has 1 heterocycles. The average Bonchev–Trinajstić information content (AvgIpc) is 2.74. The third-order valence-corrected chi connectivity index (χ3v) is 5.64. The van der Waals surface area contributed by atoms with Gasteiger partial charge in [0.2, 0.25) is 0 Å². The third-order valence-electron chi connectivity index (χ3n) is 4.24. The molecule has 0 aliphatic rings. The maximum absolute atomic E-state index is 12.9. The SMILES string of the molecule is CCc1ccc(NS(=O)(=O)c2cc(C(=O)Nc3ccccn3)ccc2OC)cc1. The molecule has 0 aliphatic heterocycles. The highest BCUT2D eigenvalue weighted by Crippen LogP contribution is 2.27. The molecular formula is C21H21N3O4S. The van der Waals surface area contributed by atoms with Crippen LogP contribution in [0.15, 0.2) is 71.8 Å². The van der Waals surface area contributed by atoms with Crippen molar-refractivity contribution in [1.29, 1.82) is 0 Å². The number of carbonyl (C=O) groups excluding carboxylic acids is 1. The van der Waals surface area contributed by atoms with Crippen LogP contribution in [0.5, 0.6) is 5.75 Å². The summed E-state index contributed by atoms with van der Waals surface area (Å²) in [6.45, 7) is 2.02. The molecule has 0 unspecified atom stereocenters. The zero-order valence-corrected chi connectivity index (χ0v) is 16.9. The van der Waals surface area contributed by atoms with Crippen molar-refractivity contribution in [3.05, 3.63) is 78.0 Å². The summed E-state index contributed by atoms with van der Waals surface area (Å²) in [5, 5.41) is 2.63. The topological polar surface area (TPSA) is 97.4 Å². The van der Waals surface area contributed by atoms with Crippen LogP contribution >= 0.6 is 0 Å². The van der Waals surface area contributed by atoms with Gasteiger partial charge in [0.1, 0.15) is 16.5 Å². The summed E-state index contributed by atoms with van der Waals surface area (Å²) in [7, 11) is -2.60. The highest BCUT2D eigenvalue weighted by Gasteiger charge is 2.22. The fourth-order valence-electron chi connectivity index (χ4n) is 2.67. The van der Waals surface area contributed by atoms with Gasteiger partial charge in [-0.25, -0.2) is 13.4 Å². The first-order valence-corrected chi connectivity index (χ1v) is 10.4. The van der Waals surface area contributed by atoms with Crippen LogP contribution in [-0.2, 0) is 16.4 Å². The first-order chi connectivity index (χ1) is 13.9. The first-order valence-electron chi connectivity index (χ1n) is 8.95. The van der Waals surface area contributed by atoms with Crippen LogP contribution in [0.1, 0.15) is 22.8 Å². The quantitative estimate of drug-likeness (QED) is 0.618. The van der Waals surface area contributed by atoms with E-state index in [0.29, 0.717) is 11.5 Å². The van der Waals surface area contributed by atoms with Crippen molar-refractivity contribution in [2.45, 2.75) is 18.2 Å². The number of aromatic nitrogens is 1. The molecule has 0 bridgehead atoms. The second-order valence-corrected chi connectivity index (χ2v) is 7.84. The molecule has 3 aromatic rings. The van der Waals surface area contributed by atoms with E-state index in [1.165, 1.54) is 25.3 Å². The minimum absolute atomic E-state index is 0.131. The number of nitrogens with one attached hydrogen (secondary N) is 2. The lowest BCUT2D eigenvalue weighted by molar-refractivity contribution is 0.102. The maximum Gasteiger partial charge on any atom is 0.265 e. The fourth-order valence-corrected chi connectivity index (χ4v) is 3.93. The van der Waals surface area contributed by atoms with Gasteiger partial charge in [0.25, 0.3) is 15.9 Å². The smallest absolute Gasteiger partial charge is 0.265 e. The Morgan fingerprint density at radius 2 is 1.83 bits per heavy atom. The molecule has 0 atom stereocenters. The number of nitrogens with zero attached hydrogens (tertiary/aromatic N) is 1. The van der Waals surface area contributed by atoms with Crippen LogP contribution in [0.3, 0.4) is 0 Å². The molecule has 0 spiro atoms. The molecule has 2 N–H and O–H groups in total. The lowest BCUT2D eigenvalue weighted by atomic mass is 10.2. The minimum atomic E-state index is -3.98. The predicted molar refractivity (Wildman–Crippen MR) is 112 cm³/mol. The Kier molecular flexibility index (Phi) is 6.13. The fraction of sp³-hybridized carbons (Fsp3) is 0.143. The normalized spacial score (nSPS) is 11.0. The summed E-state index contributed by atoms with van der Waals surface area (Å²) in [5.41, 5.74) is 1.68. The molecular weight excluding hydrogens is 390 g/mol. The molecule has 0 fully saturated rings. The molecule has 2 aromatic carbocycles. The van der Waals surface area contributed by atoms with Gasteiger partial charge in [-0.3, -0.25) is 9.52 Å². The second-order valence-electron chi connectivity index (χ2n) is 6.19. The van der Waals surface area contributed by atoms with E-state index in [4.69, 9.17) is 4.74 Å². The van der Waals surface area contributed by atoms with Gasteiger partial charge in [-0.1, -0.05) is 25.1 Å². The van der Waals surface area contributed by atoms with Crippen molar-refractivity contribution in [2.75, 3.05) is 17.1 Å². The van der Waals surface area contributed by atoms with E-state index in [1.807, 2.05) is 19.1 Å². The molecule has 7 nitrogen and oxygen atoms in total. The number of hydrogen-bond acceptors (Lipinski definition) is 5. The lowest BCUT2D eigenvalue weighted by Crippen LogP contribution is -2.17. The largest absolute Gasteiger partial charge is 0.495 e. The molecule has 29 heavy (non-hydrogen) atoms. The van der Waals surface area contributed by atoms with Crippen molar-refractivity contribution < 1.29 is 17.9 Å². The summed E-state index contributed by atoms with van der Waals surface area (Å²) < 4.78 is 33.6. The number of methoxy groups -OCH3 is 1. The number of anilines is 2. The summed E-state index contributed by atoms with van der Waals surface area (Å²) in [4.78, 5) is 16.4. The molecule has 0 radical (unpaired) electrons. The summed E-state index contributed by atoms with van der Waals surface area (Å²) in [6.07, 6.45) is 2.40. The van der Waals surface area contributed by atoms with E-state index < -0.39 is 15.9 Å². The monoisotopic (exact) mass is 411 g/mol. The Hall–Kier alpha value is -3.39. The lowest BCUT2D eigenvalue weighted by Gasteiger charge is -2.13. The van der Waals surface area contributed by atoms with E-state index in [-0.39, 0.29) is 16.2 Å². The summed E-state index contributed by atoms with van der Waals surface area (Å²) in [6, 6.07) is 16.4. The number of pyridine rings is 1. The van der Waals surface area contributed by atoms with Crippen LogP contribution in [0.4, 0.5) is 11.5 Å². The minimum Gasteiger partial charge on any atom is -0.495 e. The Balaban J connectivity index is 1.90. The number of ether oxygens (including phenoxy) is 1. The molecule has 0 aliphatic carbocycles. The van der Waals surface area contributed by atoms with Gasteiger partial charge in [-0.15, -0.1) is 0 Å². The molecule has 1 aromatic heterocycles. The predicted octanol–water partition coefficient (Wildman–Crippen LogP) is 3.71. The van der Waals surface area contributed by atoms with Crippen LogP contribution in [0.25, 0.3) is 0 Å². The molecule has 1 amide bonds. The number of rotatable bonds is 7. The Morgan fingerprint density at radius 3 is 2.45 bits per heavy atom. The van der Waals surface area contributed by atoms with Crippen LogP contribution in [-0.4, -0.2) is 26.4 Å². The van der Waals surface area contributed by atoms with Gasteiger partial charge in [0.05, 0.1) is 7.11 Å². The average molecular weight is 411 g/mol. The van der Waals surface area contributed by atoms with E-state index in [1.54, 1.807) is 36.5 Å². The summed E-state index contributed by atoms with van der Waals surface area (Å²) in [5.74, 6) is 0.0269. The second kappa shape index (κ2) is 8.74. The molecule has 0 saturated carbocycles. The number of aryl methyl sites for hydroxylation is 1. The van der Waals surface area contributed by atoms with Gasteiger partial charge in [0.15, 0.2) is 0 Å². The number of benzene rings is 2. The van der Waals surface area contributed by atoms with Crippen molar-refractivity contribution in [1.82, 2.24) is 4.98 Å². The molecule has 3 rings (SSSR count). The van der Waals surface area contributed by atoms with Gasteiger partial charge in [0, 0.05) is 17.4 Å². The molecule has 0 saturated heterocycles. The summed E-state index contributed by atoms with van der Waals surface area (Å²) >= 11 is 0. The van der Waals surface area contributed by atoms with Crippen LogP contribution in [0, 0.1) is 0 Å². The van der Waals surface area contributed by atoms with Crippen molar-refractivity contribution in [3.63, 3.8) is 0 Å². The zero-order chi connectivity index (χ0) is 20.9. The van der Waals surface area contributed by atoms with Crippen LogP contribution < -0.4 is 14.8 Å². The van der Waals surface area contributed by atoms with E-state index in [9.17, 15) is 13.2 Å². The molecule has 150 valence electrons. The Morgan fingerprint density at radius 1 is 1.07 bits per heavy atom. The van der Waals surface area contributed by atoms with Crippen molar-refractivity contribution in [2.24, 2.45) is 0 Å². The van der Waals surface area contributed by atoms with Gasteiger partial charge < -0.3 is 10.1 Å². The number of hydrogen-bond donors (Lipinski definition) is 2. The van der Waals surface area contributed by atoms with E-state index >= 15 is 0 Å². The van der Waals surface area contributed by atoms with Crippen LogP contribution in [0.2, 0.25) is 0 Å². The van der Waals surface area contributed by atoms with Gasteiger partial charge in [-0.05, 0) is 54.4 Å². The van der Waals surface area contributed by atoms with E-state index in [0.717, 1.165) is 12.0 Å². The van der Waals surface area contributed by atoms with Gasteiger partial charge >= 0.3 is 0 Å². The number of sulfonamides is 1. The zero-order valence-electron chi connectivity index (χ0n) is 16.0. The Labute approximate surface area is 169 Å². The first kappa shape index (κ1) is 20.3. The molecule has 8 heteroatoms. The highest BCUT2D eigenvalue weighted by atomic mass is 32.2. The van der Waals surface area contributed by atoms with E-state index in [2.05, 4.69) is 15.0 Å². The number of amides is 1. The standard InChI is InChI=1S/C21H21N3O4S/c1-3-15-7-10-17(11-8-15)24-29(26,27)19-14-16(9-12-18(19)28-2)21(25)23-20-6-4-5-13-22-20/h4-14,24H,3H2,1-2H3,(H,22,23,25). The number of carbonyl (C=O) groups is 1. The Bertz CT molecular complexity index is 1100. The third kappa shape index (κ3) is 4.91. The van der Waals surface area contributed by atoms with Crippen molar-refractivity contribution in [3.8, 4) is 5.75 Å².